The van der Waals surface area contributed by atoms with Crippen LogP contribution in [0.4, 0.5) is 0 Å². The third kappa shape index (κ3) is 2.59. The molecule has 0 aliphatic carbocycles. The lowest BCUT2D eigenvalue weighted by Gasteiger charge is -2.16. The number of hydrogen-bond acceptors (Lipinski definition) is 2. The summed E-state index contributed by atoms with van der Waals surface area (Å²) in [4.78, 5) is 1.41. The second-order valence-corrected chi connectivity index (χ2v) is 5.23. The Labute approximate surface area is 108 Å². The van der Waals surface area contributed by atoms with Crippen molar-refractivity contribution in [2.45, 2.75) is 26.3 Å². The zero-order chi connectivity index (χ0) is 12.3. The Bertz CT molecular complexity index is 470. The van der Waals surface area contributed by atoms with Gasteiger partial charge in [-0.2, -0.15) is 0 Å². The Kier molecular flexibility index (Phi) is 3.97. The quantitative estimate of drug-likeness (QED) is 0.860. The van der Waals surface area contributed by atoms with E-state index in [1.54, 1.807) is 0 Å². The van der Waals surface area contributed by atoms with E-state index in [-0.39, 0.29) is 0 Å². The number of aryl methyl sites for hydroxylation is 2. The molecule has 1 heterocycles. The van der Waals surface area contributed by atoms with Crippen LogP contribution in [0, 0.1) is 6.92 Å². The normalized spacial score (nSPS) is 12.6. The van der Waals surface area contributed by atoms with E-state index in [4.69, 9.17) is 0 Å². The van der Waals surface area contributed by atoms with Crippen molar-refractivity contribution in [1.29, 1.82) is 0 Å². The van der Waals surface area contributed by atoms with Crippen molar-refractivity contribution in [3.8, 4) is 0 Å². The highest BCUT2D eigenvalue weighted by Crippen LogP contribution is 2.29. The molecule has 0 fully saturated rings. The highest BCUT2D eigenvalue weighted by Gasteiger charge is 2.14. The van der Waals surface area contributed by atoms with Gasteiger partial charge in [-0.25, -0.2) is 0 Å². The van der Waals surface area contributed by atoms with Crippen LogP contribution in [0.25, 0.3) is 0 Å². The fraction of sp³-hybridized carbons (Fsp3) is 0.333. The molecule has 0 aliphatic rings. The molecule has 90 valence electrons. The molecule has 0 radical (unpaired) electrons. The molecule has 1 atom stereocenters. The molecule has 2 heteroatoms. The first-order chi connectivity index (χ1) is 8.26. The number of rotatable bonds is 4. The fourth-order valence-electron chi connectivity index (χ4n) is 2.08. The first-order valence-corrected chi connectivity index (χ1v) is 6.94. The Hall–Kier alpha value is -1.12. The summed E-state index contributed by atoms with van der Waals surface area (Å²) in [6, 6.07) is 11.4. The van der Waals surface area contributed by atoms with Gasteiger partial charge in [0.1, 0.15) is 0 Å². The van der Waals surface area contributed by atoms with E-state index in [0.29, 0.717) is 6.04 Å². The van der Waals surface area contributed by atoms with E-state index >= 15 is 0 Å². The molecule has 17 heavy (non-hydrogen) atoms. The van der Waals surface area contributed by atoms with Crippen molar-refractivity contribution < 1.29 is 0 Å². The van der Waals surface area contributed by atoms with Crippen LogP contribution in [-0.4, -0.2) is 7.05 Å². The van der Waals surface area contributed by atoms with Crippen LogP contribution in [0.1, 0.15) is 34.5 Å². The lowest BCUT2D eigenvalue weighted by atomic mass is 10.0. The van der Waals surface area contributed by atoms with Crippen LogP contribution in [0.5, 0.6) is 0 Å². The summed E-state index contributed by atoms with van der Waals surface area (Å²) in [6.07, 6.45) is 1.10. The molecular weight excluding hydrogens is 226 g/mol. The van der Waals surface area contributed by atoms with Crippen molar-refractivity contribution in [3.63, 3.8) is 0 Å². The molecule has 1 aromatic carbocycles. The van der Waals surface area contributed by atoms with Crippen LogP contribution in [-0.2, 0) is 6.42 Å². The highest BCUT2D eigenvalue weighted by molar-refractivity contribution is 7.10. The minimum Gasteiger partial charge on any atom is -0.309 e. The van der Waals surface area contributed by atoms with Crippen LogP contribution in [0.3, 0.4) is 0 Å². The second-order valence-electron chi connectivity index (χ2n) is 4.28. The Morgan fingerprint density at radius 1 is 1.18 bits per heavy atom. The van der Waals surface area contributed by atoms with Crippen LogP contribution in [0.2, 0.25) is 0 Å². The standard InChI is InChI=1S/C15H19NS/c1-4-12-5-7-13(8-6-12)14(16-3)15-11(2)9-10-17-15/h5-10,14,16H,4H2,1-3H3. The average Bonchev–Trinajstić information content (AvgIpc) is 2.78. The maximum absolute atomic E-state index is 3.41. The van der Waals surface area contributed by atoms with Gasteiger partial charge in [-0.15, -0.1) is 11.3 Å². The second kappa shape index (κ2) is 5.48. The SMILES string of the molecule is CCc1ccc(C(NC)c2sccc2C)cc1. The van der Waals surface area contributed by atoms with Crippen molar-refractivity contribution in [1.82, 2.24) is 5.32 Å². The molecule has 2 rings (SSSR count). The van der Waals surface area contributed by atoms with Gasteiger partial charge in [0, 0.05) is 4.88 Å². The summed E-state index contributed by atoms with van der Waals surface area (Å²) < 4.78 is 0. The molecule has 0 aliphatic heterocycles. The van der Waals surface area contributed by atoms with Gasteiger partial charge in [0.15, 0.2) is 0 Å². The van der Waals surface area contributed by atoms with Gasteiger partial charge in [0.25, 0.3) is 0 Å². The van der Waals surface area contributed by atoms with Crippen molar-refractivity contribution >= 4 is 11.3 Å². The van der Waals surface area contributed by atoms with Crippen molar-refractivity contribution in [3.05, 3.63) is 57.3 Å². The van der Waals surface area contributed by atoms with E-state index in [2.05, 4.69) is 54.9 Å². The van der Waals surface area contributed by atoms with E-state index < -0.39 is 0 Å². The van der Waals surface area contributed by atoms with Gasteiger partial charge in [-0.3, -0.25) is 0 Å². The topological polar surface area (TPSA) is 12.0 Å². The van der Waals surface area contributed by atoms with E-state index in [9.17, 15) is 0 Å². The lowest BCUT2D eigenvalue weighted by Crippen LogP contribution is -2.17. The summed E-state index contributed by atoms with van der Waals surface area (Å²) in [5.74, 6) is 0. The molecule has 0 spiro atoms. The van der Waals surface area contributed by atoms with Crippen molar-refractivity contribution in [2.75, 3.05) is 7.05 Å². The fourth-order valence-corrected chi connectivity index (χ4v) is 3.14. The molecule has 0 saturated carbocycles. The molecule has 1 N–H and O–H groups in total. The molecule has 0 saturated heterocycles. The Morgan fingerprint density at radius 3 is 2.35 bits per heavy atom. The van der Waals surface area contributed by atoms with Crippen LogP contribution < -0.4 is 5.32 Å². The smallest absolute Gasteiger partial charge is 0.0671 e. The largest absolute Gasteiger partial charge is 0.309 e. The van der Waals surface area contributed by atoms with Gasteiger partial charge in [0.05, 0.1) is 6.04 Å². The maximum Gasteiger partial charge on any atom is 0.0671 e. The van der Waals surface area contributed by atoms with Crippen LogP contribution in [0.15, 0.2) is 35.7 Å². The predicted molar refractivity (Wildman–Crippen MR) is 75.8 cm³/mol. The first kappa shape index (κ1) is 12.3. The van der Waals surface area contributed by atoms with E-state index in [0.717, 1.165) is 6.42 Å². The highest BCUT2D eigenvalue weighted by atomic mass is 32.1. The van der Waals surface area contributed by atoms with Gasteiger partial charge >= 0.3 is 0 Å². The minimum absolute atomic E-state index is 0.320. The third-order valence-corrected chi connectivity index (χ3v) is 4.26. The lowest BCUT2D eigenvalue weighted by molar-refractivity contribution is 0.700. The van der Waals surface area contributed by atoms with Crippen molar-refractivity contribution in [2.24, 2.45) is 0 Å². The Balaban J connectivity index is 2.32. The monoisotopic (exact) mass is 245 g/mol. The van der Waals surface area contributed by atoms with Crippen LogP contribution >= 0.6 is 11.3 Å². The number of hydrogen-bond donors (Lipinski definition) is 1. The maximum atomic E-state index is 3.41. The average molecular weight is 245 g/mol. The Morgan fingerprint density at radius 2 is 1.88 bits per heavy atom. The minimum atomic E-state index is 0.320. The summed E-state index contributed by atoms with van der Waals surface area (Å²) in [5.41, 5.74) is 4.11. The number of nitrogens with one attached hydrogen (secondary N) is 1. The predicted octanol–water partition coefficient (Wildman–Crippen LogP) is 3.93. The third-order valence-electron chi connectivity index (χ3n) is 3.17. The summed E-state index contributed by atoms with van der Waals surface area (Å²) in [7, 11) is 2.03. The summed E-state index contributed by atoms with van der Waals surface area (Å²) in [5, 5.41) is 5.57. The van der Waals surface area contributed by atoms with E-state index in [1.807, 2.05) is 18.4 Å². The molecule has 2 aromatic rings. The first-order valence-electron chi connectivity index (χ1n) is 6.06. The number of benzene rings is 1. The van der Waals surface area contributed by atoms with E-state index in [1.165, 1.54) is 21.6 Å². The molecule has 0 amide bonds. The zero-order valence-electron chi connectivity index (χ0n) is 10.7. The molecule has 0 bridgehead atoms. The zero-order valence-corrected chi connectivity index (χ0v) is 11.5. The van der Waals surface area contributed by atoms with Gasteiger partial charge in [-0.1, -0.05) is 31.2 Å². The molecule has 1 nitrogen and oxygen atoms in total. The van der Waals surface area contributed by atoms with Gasteiger partial charge in [0.2, 0.25) is 0 Å². The van der Waals surface area contributed by atoms with Gasteiger partial charge < -0.3 is 5.32 Å². The molecule has 1 unspecified atom stereocenters. The summed E-state index contributed by atoms with van der Waals surface area (Å²) in [6.45, 7) is 4.37. The summed E-state index contributed by atoms with van der Waals surface area (Å²) >= 11 is 1.82. The van der Waals surface area contributed by atoms with Gasteiger partial charge in [-0.05, 0) is 48.5 Å². The molecular formula is C15H19NS. The number of thiophene rings is 1. The molecule has 1 aromatic heterocycles.